The lowest BCUT2D eigenvalue weighted by Gasteiger charge is -2.16. The molecule has 6 nitrogen and oxygen atoms in total. The number of aliphatic hydroxyl groups excluding tert-OH is 1. The van der Waals surface area contributed by atoms with Gasteiger partial charge in [-0.2, -0.15) is 4.98 Å². The summed E-state index contributed by atoms with van der Waals surface area (Å²) in [6.07, 6.45) is 1.46. The number of nitrogens with zero attached hydrogens (tertiary/aromatic N) is 2. The molecule has 1 aromatic carbocycles. The zero-order chi connectivity index (χ0) is 15.1. The Kier molecular flexibility index (Phi) is 5.71. The molecule has 0 saturated carbocycles. The minimum absolute atomic E-state index is 0.263. The van der Waals surface area contributed by atoms with Crippen LogP contribution >= 0.6 is 0 Å². The third-order valence-electron chi connectivity index (χ3n) is 3.13. The monoisotopic (exact) mass is 291 g/mol. The lowest BCUT2D eigenvalue weighted by molar-refractivity contribution is 0.106. The number of hydrogen-bond donors (Lipinski definition) is 2. The van der Waals surface area contributed by atoms with E-state index in [1.54, 1.807) is 0 Å². The molecule has 0 fully saturated rings. The van der Waals surface area contributed by atoms with E-state index in [4.69, 9.17) is 9.26 Å². The second-order valence-electron chi connectivity index (χ2n) is 4.97. The van der Waals surface area contributed by atoms with Gasteiger partial charge in [0.25, 0.3) is 0 Å². The molecule has 114 valence electrons. The van der Waals surface area contributed by atoms with Gasteiger partial charge in [-0.15, -0.1) is 0 Å². The van der Waals surface area contributed by atoms with Crippen LogP contribution in [0.4, 0.5) is 0 Å². The van der Waals surface area contributed by atoms with Crippen LogP contribution in [-0.4, -0.2) is 41.0 Å². The summed E-state index contributed by atoms with van der Waals surface area (Å²) in [7, 11) is 0. The molecular formula is C15H21N3O3. The summed E-state index contributed by atoms with van der Waals surface area (Å²) in [5, 5.41) is 16.6. The fourth-order valence-corrected chi connectivity index (χ4v) is 2.04. The van der Waals surface area contributed by atoms with Crippen LogP contribution in [0.3, 0.4) is 0 Å². The minimum atomic E-state index is -0.563. The van der Waals surface area contributed by atoms with Gasteiger partial charge in [-0.25, -0.2) is 0 Å². The largest absolute Gasteiger partial charge is 0.490 e. The summed E-state index contributed by atoms with van der Waals surface area (Å²) in [4.78, 5) is 3.92. The van der Waals surface area contributed by atoms with Gasteiger partial charge in [0.1, 0.15) is 18.5 Å². The van der Waals surface area contributed by atoms with Crippen LogP contribution in [0.25, 0.3) is 0 Å². The van der Waals surface area contributed by atoms with Crippen molar-refractivity contribution in [3.05, 3.63) is 41.5 Å². The van der Waals surface area contributed by atoms with Gasteiger partial charge in [-0.05, 0) is 25.0 Å². The van der Waals surface area contributed by atoms with Crippen molar-refractivity contribution in [1.29, 1.82) is 0 Å². The van der Waals surface area contributed by atoms with Crippen molar-refractivity contribution >= 4 is 0 Å². The average Bonchev–Trinajstić information content (AvgIpc) is 2.96. The van der Waals surface area contributed by atoms with Gasteiger partial charge in [0.05, 0.1) is 0 Å². The Bertz CT molecular complexity index is 523. The summed E-state index contributed by atoms with van der Waals surface area (Å²) in [5.41, 5.74) is 2.15. The summed E-state index contributed by atoms with van der Waals surface area (Å²) in [6.45, 7) is 5.38. The highest BCUT2D eigenvalue weighted by Gasteiger charge is 2.08. The Balaban J connectivity index is 1.66. The van der Waals surface area contributed by atoms with Gasteiger partial charge in [0.2, 0.25) is 5.89 Å². The van der Waals surface area contributed by atoms with Crippen molar-refractivity contribution in [2.75, 3.05) is 19.7 Å². The summed E-state index contributed by atoms with van der Waals surface area (Å²) in [6, 6.07) is 5.99. The highest BCUT2D eigenvalue weighted by molar-refractivity contribution is 5.39. The molecule has 0 aliphatic carbocycles. The number of rotatable bonds is 8. The van der Waals surface area contributed by atoms with Gasteiger partial charge in [-0.3, -0.25) is 0 Å². The number of nitrogens with one attached hydrogen (secondary N) is 1. The number of aryl methyl sites for hydroxylation is 2. The maximum absolute atomic E-state index is 9.91. The van der Waals surface area contributed by atoms with Crippen LogP contribution in [0.15, 0.2) is 29.0 Å². The second kappa shape index (κ2) is 7.75. The third-order valence-corrected chi connectivity index (χ3v) is 3.13. The topological polar surface area (TPSA) is 80.4 Å². The van der Waals surface area contributed by atoms with E-state index in [1.165, 1.54) is 6.33 Å². The van der Waals surface area contributed by atoms with Gasteiger partial charge >= 0.3 is 0 Å². The molecule has 21 heavy (non-hydrogen) atoms. The van der Waals surface area contributed by atoms with Gasteiger partial charge in [0, 0.05) is 19.5 Å². The van der Waals surface area contributed by atoms with Crippen molar-refractivity contribution in [2.24, 2.45) is 0 Å². The zero-order valence-corrected chi connectivity index (χ0v) is 12.4. The van der Waals surface area contributed by atoms with Crippen LogP contribution < -0.4 is 10.1 Å². The van der Waals surface area contributed by atoms with E-state index in [0.717, 1.165) is 16.9 Å². The van der Waals surface area contributed by atoms with Crippen LogP contribution in [-0.2, 0) is 6.42 Å². The van der Waals surface area contributed by atoms with Crippen LogP contribution in [0.1, 0.15) is 17.0 Å². The SMILES string of the molecule is Cc1cccc(C)c1OCC(O)CNCCc1ncno1. The smallest absolute Gasteiger partial charge is 0.227 e. The molecule has 6 heteroatoms. The molecule has 0 spiro atoms. The number of aliphatic hydroxyl groups is 1. The fraction of sp³-hybridized carbons (Fsp3) is 0.467. The molecule has 1 aromatic heterocycles. The van der Waals surface area contributed by atoms with E-state index in [2.05, 4.69) is 15.5 Å². The number of benzene rings is 1. The molecule has 2 rings (SSSR count). The lowest BCUT2D eigenvalue weighted by Crippen LogP contribution is -2.32. The first-order valence-corrected chi connectivity index (χ1v) is 7.00. The summed E-state index contributed by atoms with van der Waals surface area (Å²) in [5.74, 6) is 1.44. The predicted octanol–water partition coefficient (Wildman–Crippen LogP) is 1.26. The van der Waals surface area contributed by atoms with Crippen molar-refractivity contribution in [2.45, 2.75) is 26.4 Å². The van der Waals surface area contributed by atoms with Crippen molar-refractivity contribution in [3.8, 4) is 5.75 Å². The molecule has 0 aliphatic rings. The Hall–Kier alpha value is -1.92. The highest BCUT2D eigenvalue weighted by Crippen LogP contribution is 2.22. The molecule has 0 radical (unpaired) electrons. The molecule has 0 amide bonds. The summed E-state index contributed by atoms with van der Waals surface area (Å²) >= 11 is 0. The van der Waals surface area contributed by atoms with E-state index >= 15 is 0 Å². The Morgan fingerprint density at radius 1 is 1.33 bits per heavy atom. The van der Waals surface area contributed by atoms with Gasteiger partial charge in [0.15, 0.2) is 6.33 Å². The molecule has 2 N–H and O–H groups in total. The molecular weight excluding hydrogens is 270 g/mol. The van der Waals surface area contributed by atoms with E-state index < -0.39 is 6.10 Å². The first kappa shape index (κ1) is 15.5. The van der Waals surface area contributed by atoms with Gasteiger partial charge in [-0.1, -0.05) is 23.4 Å². The maximum atomic E-state index is 9.91. The van der Waals surface area contributed by atoms with Gasteiger partial charge < -0.3 is 19.7 Å². The van der Waals surface area contributed by atoms with E-state index in [0.29, 0.717) is 25.4 Å². The Labute approximate surface area is 124 Å². The second-order valence-corrected chi connectivity index (χ2v) is 4.97. The lowest BCUT2D eigenvalue weighted by atomic mass is 10.1. The third kappa shape index (κ3) is 4.84. The Morgan fingerprint density at radius 2 is 2.10 bits per heavy atom. The molecule has 0 saturated heterocycles. The summed E-state index contributed by atoms with van der Waals surface area (Å²) < 4.78 is 10.6. The van der Waals surface area contributed by atoms with Crippen LogP contribution in [0.5, 0.6) is 5.75 Å². The molecule has 1 unspecified atom stereocenters. The number of hydrogen-bond acceptors (Lipinski definition) is 6. The van der Waals surface area contributed by atoms with Crippen molar-refractivity contribution in [1.82, 2.24) is 15.5 Å². The van der Waals surface area contributed by atoms with Crippen LogP contribution in [0.2, 0.25) is 0 Å². The van der Waals surface area contributed by atoms with E-state index in [-0.39, 0.29) is 6.61 Å². The average molecular weight is 291 g/mol. The zero-order valence-electron chi connectivity index (χ0n) is 12.4. The molecule has 0 bridgehead atoms. The van der Waals surface area contributed by atoms with Crippen molar-refractivity contribution < 1.29 is 14.4 Å². The maximum Gasteiger partial charge on any atom is 0.227 e. The normalized spacial score (nSPS) is 12.3. The highest BCUT2D eigenvalue weighted by atomic mass is 16.5. The first-order valence-electron chi connectivity index (χ1n) is 7.00. The quantitative estimate of drug-likeness (QED) is 0.713. The Morgan fingerprint density at radius 3 is 2.76 bits per heavy atom. The van der Waals surface area contributed by atoms with E-state index in [9.17, 15) is 5.11 Å². The minimum Gasteiger partial charge on any atom is -0.490 e. The van der Waals surface area contributed by atoms with Crippen LogP contribution in [0, 0.1) is 13.8 Å². The predicted molar refractivity (Wildman–Crippen MR) is 78.3 cm³/mol. The standard InChI is InChI=1S/C15H21N3O3/c1-11-4-3-5-12(2)15(11)20-9-13(19)8-16-7-6-14-17-10-18-21-14/h3-5,10,13,16,19H,6-9H2,1-2H3. The van der Waals surface area contributed by atoms with Crippen molar-refractivity contribution in [3.63, 3.8) is 0 Å². The van der Waals surface area contributed by atoms with E-state index in [1.807, 2.05) is 32.0 Å². The molecule has 0 aliphatic heterocycles. The number of ether oxygens (including phenoxy) is 1. The first-order chi connectivity index (χ1) is 10.2. The molecule has 1 atom stereocenters. The number of para-hydroxylation sites is 1. The molecule has 2 aromatic rings. The fourth-order valence-electron chi connectivity index (χ4n) is 2.04. The molecule has 1 heterocycles. The number of aromatic nitrogens is 2.